The van der Waals surface area contributed by atoms with Crippen LogP contribution < -0.4 is 5.32 Å². The van der Waals surface area contributed by atoms with Gasteiger partial charge in [0.15, 0.2) is 0 Å². The van der Waals surface area contributed by atoms with Crippen LogP contribution >= 0.6 is 0 Å². The van der Waals surface area contributed by atoms with Crippen molar-refractivity contribution in [3.05, 3.63) is 24.3 Å². The molecule has 0 aliphatic carbocycles. The molecule has 0 heterocycles. The summed E-state index contributed by atoms with van der Waals surface area (Å²) in [6, 6.07) is 0. The van der Waals surface area contributed by atoms with Gasteiger partial charge in [-0.3, -0.25) is 0 Å². The molecule has 0 aliphatic heterocycles. The highest BCUT2D eigenvalue weighted by molar-refractivity contribution is 5.67. The van der Waals surface area contributed by atoms with E-state index in [0.717, 1.165) is 25.7 Å². The quantitative estimate of drug-likeness (QED) is 0.507. The van der Waals surface area contributed by atoms with Crippen LogP contribution in [0.2, 0.25) is 0 Å². The lowest BCUT2D eigenvalue weighted by Gasteiger charge is -2.02. The fourth-order valence-electron chi connectivity index (χ4n) is 1.07. The molecule has 0 unspecified atom stereocenters. The van der Waals surface area contributed by atoms with Gasteiger partial charge in [-0.05, 0) is 25.7 Å². The number of alkyl carbamates (subject to hydrolysis) is 1. The van der Waals surface area contributed by atoms with E-state index >= 15 is 0 Å². The average molecular weight is 225 g/mol. The Kier molecular flexibility index (Phi) is 10.9. The first kappa shape index (κ1) is 14.8. The van der Waals surface area contributed by atoms with Crippen molar-refractivity contribution in [1.29, 1.82) is 0 Å². The summed E-state index contributed by atoms with van der Waals surface area (Å²) in [6.45, 7) is 5.12. The van der Waals surface area contributed by atoms with Gasteiger partial charge in [0.2, 0.25) is 0 Å². The molecule has 0 radical (unpaired) electrons. The monoisotopic (exact) mass is 225 g/mol. The normalized spacial score (nSPS) is 11.1. The highest BCUT2D eigenvalue weighted by Crippen LogP contribution is 1.93. The van der Waals surface area contributed by atoms with E-state index < -0.39 is 0 Å². The number of ether oxygens (including phenoxy) is 1. The van der Waals surface area contributed by atoms with Crippen molar-refractivity contribution in [2.24, 2.45) is 0 Å². The second-order valence-electron chi connectivity index (χ2n) is 3.45. The van der Waals surface area contributed by atoms with Crippen molar-refractivity contribution in [1.82, 2.24) is 5.32 Å². The SMILES string of the molecule is CCC=CCCC=CCNC(=O)OCCC. The first-order valence-corrected chi connectivity index (χ1v) is 6.01. The van der Waals surface area contributed by atoms with Crippen LogP contribution in [0.3, 0.4) is 0 Å². The summed E-state index contributed by atoms with van der Waals surface area (Å²) in [6.07, 6.45) is 12.0. The number of hydrogen-bond acceptors (Lipinski definition) is 2. The fraction of sp³-hybridized carbons (Fsp3) is 0.615. The zero-order valence-corrected chi connectivity index (χ0v) is 10.4. The van der Waals surface area contributed by atoms with Gasteiger partial charge in [-0.15, -0.1) is 0 Å². The number of rotatable bonds is 8. The number of carbonyl (C=O) groups excluding carboxylic acids is 1. The van der Waals surface area contributed by atoms with E-state index in [4.69, 9.17) is 4.74 Å². The lowest BCUT2D eigenvalue weighted by Crippen LogP contribution is -2.24. The van der Waals surface area contributed by atoms with Gasteiger partial charge in [-0.2, -0.15) is 0 Å². The Labute approximate surface area is 98.6 Å². The third kappa shape index (κ3) is 10.8. The summed E-state index contributed by atoms with van der Waals surface area (Å²) in [5.41, 5.74) is 0. The predicted molar refractivity (Wildman–Crippen MR) is 67.4 cm³/mol. The molecule has 0 atom stereocenters. The Balaban J connectivity index is 3.33. The van der Waals surface area contributed by atoms with Crippen molar-refractivity contribution in [3.63, 3.8) is 0 Å². The van der Waals surface area contributed by atoms with Crippen LogP contribution in [-0.4, -0.2) is 19.2 Å². The summed E-state index contributed by atoms with van der Waals surface area (Å²) < 4.78 is 4.86. The van der Waals surface area contributed by atoms with Crippen LogP contribution in [0.5, 0.6) is 0 Å². The second kappa shape index (κ2) is 11.8. The van der Waals surface area contributed by atoms with Gasteiger partial charge >= 0.3 is 6.09 Å². The molecule has 1 amide bonds. The summed E-state index contributed by atoms with van der Waals surface area (Å²) in [5.74, 6) is 0. The van der Waals surface area contributed by atoms with Gasteiger partial charge in [0, 0.05) is 6.54 Å². The van der Waals surface area contributed by atoms with Crippen molar-refractivity contribution in [2.45, 2.75) is 39.5 Å². The molecule has 1 N–H and O–H groups in total. The van der Waals surface area contributed by atoms with Crippen LogP contribution in [0, 0.1) is 0 Å². The highest BCUT2D eigenvalue weighted by atomic mass is 16.5. The summed E-state index contributed by atoms with van der Waals surface area (Å²) in [7, 11) is 0. The lowest BCUT2D eigenvalue weighted by molar-refractivity contribution is 0.147. The summed E-state index contributed by atoms with van der Waals surface area (Å²) in [4.78, 5) is 11.0. The zero-order valence-electron chi connectivity index (χ0n) is 10.4. The molecule has 92 valence electrons. The Hall–Kier alpha value is -1.25. The number of nitrogens with one attached hydrogen (secondary N) is 1. The highest BCUT2D eigenvalue weighted by Gasteiger charge is 1.96. The van der Waals surface area contributed by atoms with E-state index in [-0.39, 0.29) is 6.09 Å². The number of unbranched alkanes of at least 4 members (excludes halogenated alkanes) is 1. The number of allylic oxidation sites excluding steroid dienone is 3. The topological polar surface area (TPSA) is 38.3 Å². The molecule has 0 saturated carbocycles. The van der Waals surface area contributed by atoms with Gasteiger partial charge in [-0.25, -0.2) is 4.79 Å². The number of amides is 1. The summed E-state index contributed by atoms with van der Waals surface area (Å²) in [5, 5.41) is 2.65. The first-order valence-electron chi connectivity index (χ1n) is 6.01. The van der Waals surface area contributed by atoms with E-state index in [2.05, 4.69) is 30.5 Å². The Bertz CT molecular complexity index is 222. The largest absolute Gasteiger partial charge is 0.450 e. The smallest absolute Gasteiger partial charge is 0.407 e. The Morgan fingerprint density at radius 3 is 2.44 bits per heavy atom. The van der Waals surface area contributed by atoms with E-state index in [9.17, 15) is 4.79 Å². The molecule has 0 saturated heterocycles. The van der Waals surface area contributed by atoms with E-state index in [1.54, 1.807) is 0 Å². The van der Waals surface area contributed by atoms with Gasteiger partial charge in [-0.1, -0.05) is 38.2 Å². The Morgan fingerprint density at radius 2 is 1.81 bits per heavy atom. The minimum absolute atomic E-state index is 0.336. The molecule has 0 rings (SSSR count). The number of carbonyl (C=O) groups is 1. The van der Waals surface area contributed by atoms with E-state index in [1.807, 2.05) is 13.0 Å². The standard InChI is InChI=1S/C13H23NO2/c1-3-5-6-7-8-9-10-11-14-13(15)16-12-4-2/h5-6,9-10H,3-4,7-8,11-12H2,1-2H3,(H,14,15). The van der Waals surface area contributed by atoms with Gasteiger partial charge in [0.25, 0.3) is 0 Å². The average Bonchev–Trinajstić information content (AvgIpc) is 2.30. The Morgan fingerprint density at radius 1 is 1.12 bits per heavy atom. The lowest BCUT2D eigenvalue weighted by atomic mass is 10.2. The van der Waals surface area contributed by atoms with Crippen molar-refractivity contribution < 1.29 is 9.53 Å². The molecule has 0 fully saturated rings. The van der Waals surface area contributed by atoms with Gasteiger partial charge in [0.05, 0.1) is 6.61 Å². The maximum atomic E-state index is 11.0. The predicted octanol–water partition coefficient (Wildman–Crippen LogP) is 3.43. The maximum absolute atomic E-state index is 11.0. The fourth-order valence-corrected chi connectivity index (χ4v) is 1.07. The van der Waals surface area contributed by atoms with Crippen LogP contribution in [0.15, 0.2) is 24.3 Å². The van der Waals surface area contributed by atoms with Crippen LogP contribution in [0.4, 0.5) is 4.79 Å². The molecule has 3 heteroatoms. The molecule has 0 spiro atoms. The summed E-state index contributed by atoms with van der Waals surface area (Å²) >= 11 is 0. The molecule has 0 aromatic heterocycles. The molecule has 0 aromatic carbocycles. The molecule has 3 nitrogen and oxygen atoms in total. The van der Waals surface area contributed by atoms with Crippen LogP contribution in [0.1, 0.15) is 39.5 Å². The van der Waals surface area contributed by atoms with E-state index in [0.29, 0.717) is 13.2 Å². The number of hydrogen-bond donors (Lipinski definition) is 1. The van der Waals surface area contributed by atoms with Crippen molar-refractivity contribution in [2.75, 3.05) is 13.2 Å². The first-order chi connectivity index (χ1) is 7.81. The molecule has 0 aliphatic rings. The zero-order chi connectivity index (χ0) is 12.1. The second-order valence-corrected chi connectivity index (χ2v) is 3.45. The third-order valence-corrected chi connectivity index (χ3v) is 1.87. The molecule has 16 heavy (non-hydrogen) atoms. The molecule has 0 bridgehead atoms. The van der Waals surface area contributed by atoms with Crippen molar-refractivity contribution >= 4 is 6.09 Å². The van der Waals surface area contributed by atoms with Crippen molar-refractivity contribution in [3.8, 4) is 0 Å². The van der Waals surface area contributed by atoms with E-state index in [1.165, 1.54) is 0 Å². The van der Waals surface area contributed by atoms with Gasteiger partial charge < -0.3 is 10.1 Å². The van der Waals surface area contributed by atoms with Crippen LogP contribution in [0.25, 0.3) is 0 Å². The van der Waals surface area contributed by atoms with Crippen LogP contribution in [-0.2, 0) is 4.74 Å². The molecule has 0 aromatic rings. The molecular weight excluding hydrogens is 202 g/mol. The minimum Gasteiger partial charge on any atom is -0.450 e. The third-order valence-electron chi connectivity index (χ3n) is 1.87. The molecular formula is C13H23NO2. The minimum atomic E-state index is -0.336. The maximum Gasteiger partial charge on any atom is 0.407 e. The van der Waals surface area contributed by atoms with Gasteiger partial charge in [0.1, 0.15) is 0 Å².